The fourth-order valence-electron chi connectivity index (χ4n) is 4.59. The molecule has 0 aliphatic carbocycles. The van der Waals surface area contributed by atoms with Gasteiger partial charge in [-0.15, -0.1) is 0 Å². The molecular weight excluding hydrogens is 490 g/mol. The topological polar surface area (TPSA) is 74.5 Å². The Morgan fingerprint density at radius 1 is 1.05 bits per heavy atom. The van der Waals surface area contributed by atoms with E-state index in [-0.39, 0.29) is 17.6 Å². The molecule has 1 amide bonds. The van der Waals surface area contributed by atoms with Crippen LogP contribution >= 0.6 is 0 Å². The van der Waals surface area contributed by atoms with Crippen molar-refractivity contribution < 1.29 is 26.9 Å². The number of hydrogen-bond donors (Lipinski definition) is 1. The number of carbonyl (C=O) groups excluding carboxylic acids is 1. The second-order valence-corrected chi connectivity index (χ2v) is 8.96. The van der Waals surface area contributed by atoms with E-state index in [0.717, 1.165) is 5.56 Å². The molecule has 0 radical (unpaired) electrons. The Balaban J connectivity index is 1.48. The average Bonchev–Trinajstić information content (AvgIpc) is 3.37. The number of nitrogens with zero attached hydrogens (tertiary/aromatic N) is 4. The van der Waals surface area contributed by atoms with Crippen molar-refractivity contribution in [2.45, 2.75) is 38.9 Å². The molecule has 2 aromatic carbocycles. The van der Waals surface area contributed by atoms with Crippen molar-refractivity contribution in [3.63, 3.8) is 0 Å². The summed E-state index contributed by atoms with van der Waals surface area (Å²) in [7, 11) is 0. The summed E-state index contributed by atoms with van der Waals surface area (Å²) in [5.41, 5.74) is 1.53. The van der Waals surface area contributed by atoms with Gasteiger partial charge in [0.05, 0.1) is 11.7 Å². The summed E-state index contributed by atoms with van der Waals surface area (Å²) >= 11 is 0. The third kappa shape index (κ3) is 6.10. The highest BCUT2D eigenvalue weighted by atomic mass is 19.4. The molecule has 1 fully saturated rings. The quantitative estimate of drug-likeness (QED) is 0.396. The van der Waals surface area contributed by atoms with E-state index in [1.54, 1.807) is 36.4 Å². The number of halogens is 4. The fraction of sp³-hybridized carbons (Fsp3) is 0.423. The van der Waals surface area contributed by atoms with Crippen molar-refractivity contribution in [1.82, 2.24) is 15.0 Å². The van der Waals surface area contributed by atoms with E-state index in [1.807, 2.05) is 29.7 Å². The van der Waals surface area contributed by atoms with Gasteiger partial charge in [-0.25, -0.2) is 4.39 Å². The van der Waals surface area contributed by atoms with E-state index in [4.69, 9.17) is 0 Å². The number of amides is 1. The SMILES string of the molecule is CCC(CC)C(=O)Nc1ccc(N2CCN(C(c3ccccc3)c3noc(C(F)(F)F)n3)CC2)c(F)c1. The number of carbonyl (C=O) groups is 1. The maximum absolute atomic E-state index is 15.0. The fourth-order valence-corrected chi connectivity index (χ4v) is 4.59. The number of hydrogen-bond acceptors (Lipinski definition) is 6. The van der Waals surface area contributed by atoms with E-state index >= 15 is 4.39 Å². The highest BCUT2D eigenvalue weighted by molar-refractivity contribution is 5.92. The van der Waals surface area contributed by atoms with Gasteiger partial charge in [0.25, 0.3) is 0 Å². The van der Waals surface area contributed by atoms with E-state index in [1.165, 1.54) is 6.07 Å². The summed E-state index contributed by atoms with van der Waals surface area (Å²) in [6.07, 6.45) is -3.32. The molecule has 198 valence electrons. The molecule has 7 nitrogen and oxygen atoms in total. The molecule has 1 saturated heterocycles. The molecule has 37 heavy (non-hydrogen) atoms. The first kappa shape index (κ1) is 26.6. The van der Waals surface area contributed by atoms with Crippen LogP contribution in [0, 0.1) is 11.7 Å². The lowest BCUT2D eigenvalue weighted by Crippen LogP contribution is -2.48. The maximum Gasteiger partial charge on any atom is 0.471 e. The van der Waals surface area contributed by atoms with Crippen LogP contribution in [0.3, 0.4) is 0 Å². The predicted octanol–water partition coefficient (Wildman–Crippen LogP) is 5.51. The lowest BCUT2D eigenvalue weighted by atomic mass is 10.0. The van der Waals surface area contributed by atoms with Gasteiger partial charge in [0.2, 0.25) is 5.91 Å². The number of rotatable bonds is 8. The molecule has 3 aromatic rings. The monoisotopic (exact) mass is 519 g/mol. The molecule has 0 bridgehead atoms. The first-order valence-corrected chi connectivity index (χ1v) is 12.3. The number of benzene rings is 2. The standard InChI is InChI=1S/C26H29F4N5O2/c1-3-17(4-2)24(36)31-19-10-11-21(20(27)16-19)34-12-14-35(15-13-34)22(18-8-6-5-7-9-18)23-32-25(37-33-23)26(28,29)30/h5-11,16-17,22H,3-4,12-15H2,1-2H3,(H,31,36). The third-order valence-electron chi connectivity index (χ3n) is 6.64. The van der Waals surface area contributed by atoms with Gasteiger partial charge < -0.3 is 14.7 Å². The maximum atomic E-state index is 15.0. The molecule has 0 saturated carbocycles. The van der Waals surface area contributed by atoms with Crippen molar-refractivity contribution in [3.8, 4) is 0 Å². The van der Waals surface area contributed by atoms with Gasteiger partial charge in [0.15, 0.2) is 5.82 Å². The normalized spacial score (nSPS) is 15.7. The van der Waals surface area contributed by atoms with Crippen LogP contribution in [0.1, 0.15) is 50.0 Å². The van der Waals surface area contributed by atoms with Gasteiger partial charge >= 0.3 is 12.1 Å². The summed E-state index contributed by atoms with van der Waals surface area (Å²) in [6, 6.07) is 13.0. The van der Waals surface area contributed by atoms with Gasteiger partial charge in [-0.2, -0.15) is 18.2 Å². The molecule has 0 spiro atoms. The largest absolute Gasteiger partial charge is 0.471 e. The van der Waals surface area contributed by atoms with Crippen molar-refractivity contribution in [3.05, 3.63) is 71.6 Å². The Labute approximate surface area is 212 Å². The molecule has 1 aliphatic rings. The van der Waals surface area contributed by atoms with Crippen molar-refractivity contribution >= 4 is 17.3 Å². The molecule has 1 aromatic heterocycles. The highest BCUT2D eigenvalue weighted by Gasteiger charge is 2.40. The second-order valence-electron chi connectivity index (χ2n) is 8.96. The number of aromatic nitrogens is 2. The van der Waals surface area contributed by atoms with Crippen LogP contribution in [0.2, 0.25) is 0 Å². The molecule has 1 aliphatic heterocycles. The van der Waals surface area contributed by atoms with E-state index in [9.17, 15) is 18.0 Å². The second kappa shape index (κ2) is 11.3. The minimum atomic E-state index is -4.73. The summed E-state index contributed by atoms with van der Waals surface area (Å²) in [4.78, 5) is 19.8. The molecular formula is C26H29F4N5O2. The van der Waals surface area contributed by atoms with Gasteiger partial charge in [-0.1, -0.05) is 49.3 Å². The van der Waals surface area contributed by atoms with Crippen molar-refractivity contribution in [2.24, 2.45) is 5.92 Å². The van der Waals surface area contributed by atoms with Gasteiger partial charge in [0, 0.05) is 37.8 Å². The average molecular weight is 520 g/mol. The number of alkyl halides is 3. The van der Waals surface area contributed by atoms with Gasteiger partial charge in [-0.05, 0) is 36.6 Å². The summed E-state index contributed by atoms with van der Waals surface area (Å²) in [5, 5.41) is 6.41. The van der Waals surface area contributed by atoms with E-state index in [0.29, 0.717) is 50.4 Å². The first-order chi connectivity index (χ1) is 17.7. The molecule has 1 unspecified atom stereocenters. The zero-order valence-corrected chi connectivity index (χ0v) is 20.6. The van der Waals surface area contributed by atoms with Crippen LogP contribution < -0.4 is 10.2 Å². The smallest absolute Gasteiger partial charge is 0.367 e. The van der Waals surface area contributed by atoms with E-state index < -0.39 is 23.9 Å². The minimum absolute atomic E-state index is 0.0734. The Kier molecular flexibility index (Phi) is 8.11. The van der Waals surface area contributed by atoms with Crippen LogP contribution in [0.5, 0.6) is 0 Å². The minimum Gasteiger partial charge on any atom is -0.367 e. The Bertz CT molecular complexity index is 1190. The van der Waals surface area contributed by atoms with Gasteiger partial charge in [-0.3, -0.25) is 9.69 Å². The lowest BCUT2D eigenvalue weighted by molar-refractivity contribution is -0.159. The molecule has 4 rings (SSSR count). The highest BCUT2D eigenvalue weighted by Crippen LogP contribution is 2.33. The summed E-state index contributed by atoms with van der Waals surface area (Å²) in [6.45, 7) is 5.61. The number of piperazine rings is 1. The van der Waals surface area contributed by atoms with Crippen LogP contribution in [-0.2, 0) is 11.0 Å². The van der Waals surface area contributed by atoms with E-state index in [2.05, 4.69) is 20.0 Å². The van der Waals surface area contributed by atoms with Crippen molar-refractivity contribution in [1.29, 1.82) is 0 Å². The van der Waals surface area contributed by atoms with Gasteiger partial charge in [0.1, 0.15) is 5.82 Å². The molecule has 1 atom stereocenters. The zero-order chi connectivity index (χ0) is 26.6. The Hall–Kier alpha value is -3.47. The van der Waals surface area contributed by atoms with Crippen LogP contribution in [0.4, 0.5) is 28.9 Å². The molecule has 11 heteroatoms. The molecule has 1 N–H and O–H groups in total. The summed E-state index contributed by atoms with van der Waals surface area (Å²) < 4.78 is 58.8. The Morgan fingerprint density at radius 2 is 1.73 bits per heavy atom. The third-order valence-corrected chi connectivity index (χ3v) is 6.64. The number of anilines is 2. The zero-order valence-electron chi connectivity index (χ0n) is 20.6. The first-order valence-electron chi connectivity index (χ1n) is 12.3. The summed E-state index contributed by atoms with van der Waals surface area (Å²) in [5.74, 6) is -2.17. The predicted molar refractivity (Wildman–Crippen MR) is 130 cm³/mol. The van der Waals surface area contributed by atoms with Crippen molar-refractivity contribution in [2.75, 3.05) is 36.4 Å². The Morgan fingerprint density at radius 3 is 2.30 bits per heavy atom. The lowest BCUT2D eigenvalue weighted by Gasteiger charge is -2.39. The number of nitrogens with one attached hydrogen (secondary N) is 1. The van der Waals surface area contributed by atoms with Crippen LogP contribution in [0.25, 0.3) is 0 Å². The molecule has 2 heterocycles. The van der Waals surface area contributed by atoms with Crippen LogP contribution in [-0.4, -0.2) is 47.1 Å². The van der Waals surface area contributed by atoms with Crippen LogP contribution in [0.15, 0.2) is 53.1 Å².